The molecule has 0 aliphatic carbocycles. The summed E-state index contributed by atoms with van der Waals surface area (Å²) in [5.74, 6) is -0.479. The summed E-state index contributed by atoms with van der Waals surface area (Å²) in [5.41, 5.74) is 1.01. The van der Waals surface area contributed by atoms with E-state index in [1.807, 2.05) is 11.4 Å². The number of nitrogens with one attached hydrogen (secondary N) is 2. The summed E-state index contributed by atoms with van der Waals surface area (Å²) in [6.07, 6.45) is 1.83. The third-order valence-electron chi connectivity index (χ3n) is 3.28. The van der Waals surface area contributed by atoms with Crippen LogP contribution in [0.15, 0.2) is 41.8 Å². The monoisotopic (exact) mass is 372 g/mol. The molecule has 0 fully saturated rings. The fourth-order valence-corrected chi connectivity index (χ4v) is 3.58. The van der Waals surface area contributed by atoms with Crippen LogP contribution in [0.3, 0.4) is 0 Å². The van der Waals surface area contributed by atoms with Crippen molar-refractivity contribution in [3.05, 3.63) is 57.2 Å². The van der Waals surface area contributed by atoms with Crippen LogP contribution in [0.2, 0.25) is 0 Å². The smallest absolute Gasteiger partial charge is 0.265 e. The molecule has 0 spiro atoms. The maximum absolute atomic E-state index is 12.4. The van der Waals surface area contributed by atoms with Gasteiger partial charge in [-0.2, -0.15) is 0 Å². The zero-order valence-electron chi connectivity index (χ0n) is 13.5. The van der Waals surface area contributed by atoms with Crippen LogP contribution < -0.4 is 10.6 Å². The van der Waals surface area contributed by atoms with Gasteiger partial charge in [-0.25, -0.2) is 0 Å². The number of hydrogen-bond donors (Lipinski definition) is 2. The third-order valence-corrected chi connectivity index (χ3v) is 5.05. The highest BCUT2D eigenvalue weighted by Gasteiger charge is 2.12. The number of aromatic nitrogens is 2. The Bertz CT molecular complexity index is 874. The fourth-order valence-electron chi connectivity index (χ4n) is 2.13. The molecule has 0 bridgehead atoms. The van der Waals surface area contributed by atoms with Crippen molar-refractivity contribution in [3.63, 3.8) is 0 Å². The molecule has 25 heavy (non-hydrogen) atoms. The van der Waals surface area contributed by atoms with Crippen LogP contribution in [0.25, 0.3) is 0 Å². The summed E-state index contributed by atoms with van der Waals surface area (Å²) < 4.78 is 0. The van der Waals surface area contributed by atoms with E-state index in [0.717, 1.165) is 17.8 Å². The lowest BCUT2D eigenvalue weighted by molar-refractivity contribution is 0.101. The first-order chi connectivity index (χ1) is 12.2. The quantitative estimate of drug-likeness (QED) is 0.683. The molecule has 3 aromatic rings. The molecule has 6 nitrogen and oxygen atoms in total. The van der Waals surface area contributed by atoms with Gasteiger partial charge >= 0.3 is 0 Å². The van der Waals surface area contributed by atoms with Crippen LogP contribution in [0.1, 0.15) is 38.4 Å². The van der Waals surface area contributed by atoms with Gasteiger partial charge in [0, 0.05) is 17.7 Å². The SMILES string of the molecule is CCCc1nnc(NC(=O)c2cccc(NC(=O)c3cccs3)c2)s1. The van der Waals surface area contributed by atoms with Gasteiger partial charge in [0.2, 0.25) is 5.13 Å². The molecule has 2 amide bonds. The first-order valence-electron chi connectivity index (χ1n) is 7.74. The minimum atomic E-state index is -0.286. The average Bonchev–Trinajstić information content (AvgIpc) is 3.27. The summed E-state index contributed by atoms with van der Waals surface area (Å²) in [5, 5.41) is 16.8. The highest BCUT2D eigenvalue weighted by Crippen LogP contribution is 2.19. The Hall–Kier alpha value is -2.58. The maximum atomic E-state index is 12.4. The van der Waals surface area contributed by atoms with E-state index in [4.69, 9.17) is 0 Å². The molecule has 0 atom stereocenters. The lowest BCUT2D eigenvalue weighted by atomic mass is 10.2. The van der Waals surface area contributed by atoms with Crippen LogP contribution in [0.4, 0.5) is 10.8 Å². The average molecular weight is 372 g/mol. The van der Waals surface area contributed by atoms with Gasteiger partial charge in [0.05, 0.1) is 4.88 Å². The number of carbonyl (C=O) groups is 2. The lowest BCUT2D eigenvalue weighted by Crippen LogP contribution is -2.14. The van der Waals surface area contributed by atoms with E-state index in [0.29, 0.717) is 21.3 Å². The number of nitrogens with zero attached hydrogens (tertiary/aromatic N) is 2. The van der Waals surface area contributed by atoms with Gasteiger partial charge in [-0.3, -0.25) is 14.9 Å². The third kappa shape index (κ3) is 4.49. The Labute approximate surface area is 152 Å². The maximum Gasteiger partial charge on any atom is 0.265 e. The highest BCUT2D eigenvalue weighted by atomic mass is 32.1. The van der Waals surface area contributed by atoms with Crippen molar-refractivity contribution in [3.8, 4) is 0 Å². The molecule has 3 rings (SSSR count). The number of rotatable bonds is 6. The molecule has 2 N–H and O–H groups in total. The van der Waals surface area contributed by atoms with E-state index in [9.17, 15) is 9.59 Å². The molecule has 128 valence electrons. The number of carbonyl (C=O) groups excluding carboxylic acids is 2. The van der Waals surface area contributed by atoms with Gasteiger partial charge in [0.1, 0.15) is 5.01 Å². The minimum absolute atomic E-state index is 0.194. The molecule has 2 heterocycles. The molecular weight excluding hydrogens is 356 g/mol. The van der Waals surface area contributed by atoms with E-state index in [-0.39, 0.29) is 11.8 Å². The van der Waals surface area contributed by atoms with Crippen LogP contribution in [0.5, 0.6) is 0 Å². The summed E-state index contributed by atoms with van der Waals surface area (Å²) in [6, 6.07) is 10.4. The summed E-state index contributed by atoms with van der Waals surface area (Å²) in [6.45, 7) is 2.07. The minimum Gasteiger partial charge on any atom is -0.321 e. The molecular formula is C17H16N4O2S2. The fraction of sp³-hybridized carbons (Fsp3) is 0.176. The van der Waals surface area contributed by atoms with E-state index in [2.05, 4.69) is 27.8 Å². The van der Waals surface area contributed by atoms with E-state index >= 15 is 0 Å². The molecule has 0 saturated carbocycles. The molecule has 0 radical (unpaired) electrons. The van der Waals surface area contributed by atoms with Crippen molar-refractivity contribution < 1.29 is 9.59 Å². The zero-order chi connectivity index (χ0) is 17.6. The second-order valence-electron chi connectivity index (χ2n) is 5.22. The summed E-state index contributed by atoms with van der Waals surface area (Å²) in [4.78, 5) is 25.1. The molecule has 2 aromatic heterocycles. The van der Waals surface area contributed by atoms with Gasteiger partial charge < -0.3 is 5.32 Å². The number of hydrogen-bond acceptors (Lipinski definition) is 6. The topological polar surface area (TPSA) is 84.0 Å². The number of aryl methyl sites for hydroxylation is 1. The standard InChI is InChI=1S/C17H16N4O2S2/c1-2-5-14-20-21-17(25-14)19-15(22)11-6-3-7-12(10-11)18-16(23)13-8-4-9-24-13/h3-4,6-10H,2,5H2,1H3,(H,18,23)(H,19,21,22). The second kappa shape index (κ2) is 8.00. The van der Waals surface area contributed by atoms with Crippen molar-refractivity contribution in [1.82, 2.24) is 10.2 Å². The molecule has 0 saturated heterocycles. The number of amides is 2. The predicted molar refractivity (Wildman–Crippen MR) is 101 cm³/mol. The van der Waals surface area contributed by atoms with Gasteiger partial charge in [0.25, 0.3) is 11.8 Å². The Morgan fingerprint density at radius 1 is 1.08 bits per heavy atom. The van der Waals surface area contributed by atoms with Crippen molar-refractivity contribution in [1.29, 1.82) is 0 Å². The molecule has 1 aromatic carbocycles. The Kier molecular flexibility index (Phi) is 5.52. The second-order valence-corrected chi connectivity index (χ2v) is 7.23. The number of benzene rings is 1. The first kappa shape index (κ1) is 17.2. The lowest BCUT2D eigenvalue weighted by Gasteiger charge is -2.06. The molecule has 0 aliphatic rings. The van der Waals surface area contributed by atoms with Crippen LogP contribution >= 0.6 is 22.7 Å². The number of thiophene rings is 1. The number of anilines is 2. The zero-order valence-corrected chi connectivity index (χ0v) is 15.1. The van der Waals surface area contributed by atoms with Gasteiger partial charge in [-0.05, 0) is 36.1 Å². The van der Waals surface area contributed by atoms with Crippen molar-refractivity contribution in [2.45, 2.75) is 19.8 Å². The van der Waals surface area contributed by atoms with E-state index < -0.39 is 0 Å². The van der Waals surface area contributed by atoms with Gasteiger partial charge in [0.15, 0.2) is 0 Å². The van der Waals surface area contributed by atoms with Crippen LogP contribution in [-0.4, -0.2) is 22.0 Å². The highest BCUT2D eigenvalue weighted by molar-refractivity contribution is 7.15. The first-order valence-corrected chi connectivity index (χ1v) is 9.44. The molecule has 8 heteroatoms. The van der Waals surface area contributed by atoms with Gasteiger partial charge in [-0.1, -0.05) is 30.4 Å². The summed E-state index contributed by atoms with van der Waals surface area (Å²) >= 11 is 2.73. The van der Waals surface area contributed by atoms with Crippen molar-refractivity contribution in [2.24, 2.45) is 0 Å². The molecule has 0 aliphatic heterocycles. The van der Waals surface area contributed by atoms with E-state index in [1.165, 1.54) is 22.7 Å². The Balaban J connectivity index is 1.67. The largest absolute Gasteiger partial charge is 0.321 e. The molecule has 0 unspecified atom stereocenters. The van der Waals surface area contributed by atoms with Crippen molar-refractivity contribution in [2.75, 3.05) is 10.6 Å². The van der Waals surface area contributed by atoms with Crippen LogP contribution in [0, 0.1) is 0 Å². The van der Waals surface area contributed by atoms with Gasteiger partial charge in [-0.15, -0.1) is 21.5 Å². The van der Waals surface area contributed by atoms with E-state index in [1.54, 1.807) is 30.3 Å². The predicted octanol–water partition coefficient (Wildman–Crippen LogP) is 4.06. The summed E-state index contributed by atoms with van der Waals surface area (Å²) in [7, 11) is 0. The van der Waals surface area contributed by atoms with Crippen molar-refractivity contribution >= 4 is 45.3 Å². The normalized spacial score (nSPS) is 10.4. The van der Waals surface area contributed by atoms with Crippen LogP contribution in [-0.2, 0) is 6.42 Å². The Morgan fingerprint density at radius 2 is 1.96 bits per heavy atom. The Morgan fingerprint density at radius 3 is 2.72 bits per heavy atom.